The first kappa shape index (κ1) is 7.11. The van der Waals surface area contributed by atoms with Gasteiger partial charge in [-0.25, -0.2) is 0 Å². The molecule has 2 unspecified atom stereocenters. The second-order valence-electron chi connectivity index (χ2n) is 3.33. The van der Waals surface area contributed by atoms with Crippen molar-refractivity contribution < 1.29 is 0 Å². The van der Waals surface area contributed by atoms with Gasteiger partial charge in [-0.2, -0.15) is 0 Å². The first-order valence-electron chi connectivity index (χ1n) is 4.38. The maximum atomic E-state index is 2.18. The molecule has 0 heterocycles. The van der Waals surface area contributed by atoms with Gasteiger partial charge in [0, 0.05) is 0 Å². The molecule has 0 aromatic heterocycles. The predicted octanol–water partition coefficient (Wildman–Crippen LogP) is 3.22. The second-order valence-corrected chi connectivity index (χ2v) is 3.33. The zero-order valence-electron chi connectivity index (χ0n) is 6.69. The van der Waals surface area contributed by atoms with Crippen LogP contribution in [-0.2, 0) is 0 Å². The van der Waals surface area contributed by atoms with Crippen molar-refractivity contribution in [2.24, 2.45) is 11.8 Å². The van der Waals surface area contributed by atoms with Crippen LogP contribution in [0.4, 0.5) is 0 Å². The highest BCUT2D eigenvalue weighted by Gasteiger charge is 2.44. The highest BCUT2D eigenvalue weighted by molar-refractivity contribution is 4.95. The van der Waals surface area contributed by atoms with E-state index in [2.05, 4.69) is 13.8 Å². The normalized spacial score (nSPS) is 35.3. The third-order valence-electron chi connectivity index (χ3n) is 2.48. The Labute approximate surface area is 58.7 Å². The standard InChI is InChI=1S/C5H8.C4H10/c1-2-5-3-4(1)5;1-3-4-2/h4-5H,1-3H2;3-4H2,1-2H3. The summed E-state index contributed by atoms with van der Waals surface area (Å²) in [5, 5.41) is 0. The van der Waals surface area contributed by atoms with Crippen LogP contribution in [0.2, 0.25) is 0 Å². The number of hydrogen-bond donors (Lipinski definition) is 0. The molecule has 0 bridgehead atoms. The molecular formula is C9H18. The van der Waals surface area contributed by atoms with Crippen molar-refractivity contribution >= 4 is 0 Å². The first-order chi connectivity index (χ1) is 4.38. The maximum Gasteiger partial charge on any atom is -0.0383 e. The molecule has 9 heavy (non-hydrogen) atoms. The minimum Gasteiger partial charge on any atom is -0.0654 e. The van der Waals surface area contributed by atoms with E-state index in [9.17, 15) is 0 Å². The van der Waals surface area contributed by atoms with Crippen LogP contribution in [0.15, 0.2) is 0 Å². The summed E-state index contributed by atoms with van der Waals surface area (Å²) in [5.41, 5.74) is 0. The maximum absolute atomic E-state index is 2.18. The Bertz CT molecular complexity index is 62.1. The van der Waals surface area contributed by atoms with Crippen LogP contribution in [0.5, 0.6) is 0 Å². The molecule has 0 spiro atoms. The lowest BCUT2D eigenvalue weighted by Gasteiger charge is -2.04. The van der Waals surface area contributed by atoms with Crippen LogP contribution < -0.4 is 0 Å². The fraction of sp³-hybridized carbons (Fsp3) is 1.00. The fourth-order valence-electron chi connectivity index (χ4n) is 1.18. The largest absolute Gasteiger partial charge is 0.0654 e. The molecule has 0 N–H and O–H groups in total. The van der Waals surface area contributed by atoms with Gasteiger partial charge >= 0.3 is 0 Å². The van der Waals surface area contributed by atoms with Crippen LogP contribution in [0.3, 0.4) is 0 Å². The lowest BCUT2D eigenvalue weighted by atomic mass is 10.0. The molecule has 0 aromatic carbocycles. The molecule has 2 atom stereocenters. The van der Waals surface area contributed by atoms with E-state index >= 15 is 0 Å². The third kappa shape index (κ3) is 2.00. The van der Waals surface area contributed by atoms with E-state index in [4.69, 9.17) is 0 Å². The Morgan fingerprint density at radius 1 is 1.00 bits per heavy atom. The lowest BCUT2D eigenvalue weighted by molar-refractivity contribution is 0.468. The third-order valence-corrected chi connectivity index (χ3v) is 2.48. The van der Waals surface area contributed by atoms with Gasteiger partial charge in [-0.1, -0.05) is 26.7 Å². The lowest BCUT2D eigenvalue weighted by Crippen LogP contribution is -1.93. The van der Waals surface area contributed by atoms with E-state index in [1.165, 1.54) is 24.7 Å². The summed E-state index contributed by atoms with van der Waals surface area (Å²) in [5.74, 6) is 2.46. The molecular weight excluding hydrogens is 108 g/mol. The zero-order chi connectivity index (χ0) is 6.69. The van der Waals surface area contributed by atoms with Gasteiger partial charge in [-0.05, 0) is 31.1 Å². The van der Waals surface area contributed by atoms with E-state index in [1.54, 1.807) is 19.3 Å². The molecule has 2 aliphatic rings. The Hall–Kier alpha value is 0. The molecule has 2 fully saturated rings. The first-order valence-corrected chi connectivity index (χ1v) is 4.38. The molecule has 0 amide bonds. The average molecular weight is 126 g/mol. The van der Waals surface area contributed by atoms with Gasteiger partial charge in [0.05, 0.1) is 0 Å². The molecule has 2 rings (SSSR count). The van der Waals surface area contributed by atoms with Gasteiger partial charge in [0.2, 0.25) is 0 Å². The Morgan fingerprint density at radius 2 is 1.44 bits per heavy atom. The van der Waals surface area contributed by atoms with Gasteiger partial charge in [-0.15, -0.1) is 0 Å². The Kier molecular flexibility index (Phi) is 2.56. The van der Waals surface area contributed by atoms with Crippen molar-refractivity contribution in [2.75, 3.05) is 0 Å². The van der Waals surface area contributed by atoms with Crippen molar-refractivity contribution in [3.63, 3.8) is 0 Å². The summed E-state index contributed by atoms with van der Waals surface area (Å²) in [7, 11) is 0. The van der Waals surface area contributed by atoms with E-state index in [0.29, 0.717) is 0 Å². The van der Waals surface area contributed by atoms with Gasteiger partial charge in [0.1, 0.15) is 0 Å². The van der Waals surface area contributed by atoms with E-state index < -0.39 is 0 Å². The molecule has 2 aliphatic carbocycles. The monoisotopic (exact) mass is 126 g/mol. The molecule has 0 aliphatic heterocycles. The number of hydrogen-bond acceptors (Lipinski definition) is 0. The average Bonchev–Trinajstić information content (AvgIpc) is 2.40. The Balaban J connectivity index is 0.0000000945. The summed E-state index contributed by atoms with van der Waals surface area (Å²) in [4.78, 5) is 0. The van der Waals surface area contributed by atoms with Gasteiger partial charge in [0.15, 0.2) is 0 Å². The minimum atomic E-state index is 1.23. The van der Waals surface area contributed by atoms with Crippen molar-refractivity contribution in [1.82, 2.24) is 0 Å². The molecule has 2 saturated carbocycles. The SMILES string of the molecule is C1CC2CC12.CCCC. The molecule has 54 valence electrons. The second kappa shape index (κ2) is 3.24. The Morgan fingerprint density at radius 3 is 1.44 bits per heavy atom. The predicted molar refractivity (Wildman–Crippen MR) is 41.4 cm³/mol. The number of rotatable bonds is 1. The topological polar surface area (TPSA) is 0 Å². The number of fused-ring (bicyclic) bond motifs is 1. The molecule has 0 nitrogen and oxygen atoms in total. The fourth-order valence-corrected chi connectivity index (χ4v) is 1.18. The van der Waals surface area contributed by atoms with Crippen LogP contribution in [0, 0.1) is 11.8 Å². The van der Waals surface area contributed by atoms with E-state index in [0.717, 1.165) is 0 Å². The van der Waals surface area contributed by atoms with Crippen molar-refractivity contribution in [1.29, 1.82) is 0 Å². The van der Waals surface area contributed by atoms with Crippen molar-refractivity contribution in [2.45, 2.75) is 46.0 Å². The quantitative estimate of drug-likeness (QED) is 0.506. The van der Waals surface area contributed by atoms with Crippen LogP contribution in [0.1, 0.15) is 46.0 Å². The summed E-state index contributed by atoms with van der Waals surface area (Å²) >= 11 is 0. The molecule has 0 radical (unpaired) electrons. The van der Waals surface area contributed by atoms with Gasteiger partial charge < -0.3 is 0 Å². The number of unbranched alkanes of at least 4 members (excludes halogenated alkanes) is 1. The van der Waals surface area contributed by atoms with E-state index in [1.807, 2.05) is 0 Å². The van der Waals surface area contributed by atoms with Gasteiger partial charge in [-0.3, -0.25) is 0 Å². The van der Waals surface area contributed by atoms with E-state index in [-0.39, 0.29) is 0 Å². The smallest absolute Gasteiger partial charge is 0.0383 e. The summed E-state index contributed by atoms with van der Waals surface area (Å²) in [6.07, 6.45) is 7.34. The summed E-state index contributed by atoms with van der Waals surface area (Å²) in [6, 6.07) is 0. The van der Waals surface area contributed by atoms with Crippen molar-refractivity contribution in [3.8, 4) is 0 Å². The zero-order valence-corrected chi connectivity index (χ0v) is 6.69. The molecule has 0 saturated heterocycles. The minimum absolute atomic E-state index is 1.23. The van der Waals surface area contributed by atoms with Crippen molar-refractivity contribution in [3.05, 3.63) is 0 Å². The summed E-state index contributed by atoms with van der Waals surface area (Å²) < 4.78 is 0. The molecule has 0 heteroatoms. The van der Waals surface area contributed by atoms with Crippen LogP contribution >= 0.6 is 0 Å². The van der Waals surface area contributed by atoms with Crippen LogP contribution in [0.25, 0.3) is 0 Å². The summed E-state index contributed by atoms with van der Waals surface area (Å²) in [6.45, 7) is 4.36. The van der Waals surface area contributed by atoms with Gasteiger partial charge in [0.25, 0.3) is 0 Å². The molecule has 0 aromatic rings. The highest BCUT2D eigenvalue weighted by Crippen LogP contribution is 2.55. The highest BCUT2D eigenvalue weighted by atomic mass is 14.5. The van der Waals surface area contributed by atoms with Crippen LogP contribution in [-0.4, -0.2) is 0 Å².